The van der Waals surface area contributed by atoms with E-state index in [0.717, 1.165) is 57.8 Å². The maximum atomic E-state index is 12.7. The average molecular weight is 877 g/mol. The number of ether oxygens (including phenoxy) is 2. The Bertz CT molecular complexity index is 1460. The average Bonchev–Trinajstić information content (AvgIpc) is 3.20. The molecule has 0 fully saturated rings. The standard InChI is InChI=1S/C48H78NO11P/c1-6-8-10-11-12-13-14-15-16-17-18-19-20-21-22-27-31-37-47(53)57-41-44(42-59-61(55,56)58-40-39-49(3,4)5)60-48(54)38-32-36-46(52)45(51)35-30-26-24-23-25-29-34-43(50)33-28-9-7-2/h8,10,12-13,15-16,18-19,21-26,29-30,34-35,43-46,50-52H,6-7,9,11,14,17,20,27-28,31-33,36-42H2,1-5H3/p+1/b10-8-,13-12-,16-15-,19-18-,22-21-,25-23-,26-24+,34-29+,35-30+/t43-,44+,45-,46-/m0/s1. The highest BCUT2D eigenvalue weighted by Gasteiger charge is 2.27. The maximum Gasteiger partial charge on any atom is 0.472 e. The monoisotopic (exact) mass is 877 g/mol. The Balaban J connectivity index is 4.82. The van der Waals surface area contributed by atoms with Gasteiger partial charge in [-0.25, -0.2) is 4.57 Å². The number of aliphatic hydroxyl groups is 3. The summed E-state index contributed by atoms with van der Waals surface area (Å²) in [5.74, 6) is -1.21. The molecule has 4 N–H and O–H groups in total. The Morgan fingerprint density at radius 1 is 0.639 bits per heavy atom. The molecule has 0 bridgehead atoms. The molecule has 0 saturated carbocycles. The molecule has 0 aliphatic carbocycles. The molecule has 61 heavy (non-hydrogen) atoms. The molecule has 5 atom stereocenters. The van der Waals surface area contributed by atoms with Gasteiger partial charge in [0, 0.05) is 12.8 Å². The number of likely N-dealkylation sites (N-methyl/N-ethyl adjacent to an activating group) is 1. The van der Waals surface area contributed by atoms with Gasteiger partial charge in [0.1, 0.15) is 19.8 Å². The number of aliphatic hydroxyl groups excluding tert-OH is 3. The lowest BCUT2D eigenvalue weighted by Crippen LogP contribution is -2.37. The second-order valence-corrected chi connectivity index (χ2v) is 17.0. The van der Waals surface area contributed by atoms with Crippen LogP contribution in [0.25, 0.3) is 0 Å². The van der Waals surface area contributed by atoms with E-state index in [1.165, 1.54) is 6.08 Å². The molecule has 0 amide bonds. The number of carbonyl (C=O) groups is 2. The van der Waals surface area contributed by atoms with Crippen molar-refractivity contribution in [1.29, 1.82) is 0 Å². The fraction of sp³-hybridized carbons (Fsp3) is 0.583. The van der Waals surface area contributed by atoms with E-state index >= 15 is 0 Å². The first kappa shape index (κ1) is 57.5. The van der Waals surface area contributed by atoms with Crippen LogP contribution in [0.4, 0.5) is 0 Å². The van der Waals surface area contributed by atoms with Crippen LogP contribution in [-0.2, 0) is 32.7 Å². The van der Waals surface area contributed by atoms with E-state index in [1.54, 1.807) is 42.5 Å². The van der Waals surface area contributed by atoms with Crippen molar-refractivity contribution in [3.63, 3.8) is 0 Å². The van der Waals surface area contributed by atoms with Crippen molar-refractivity contribution in [2.75, 3.05) is 47.5 Å². The van der Waals surface area contributed by atoms with Gasteiger partial charge < -0.3 is 34.2 Å². The molecule has 13 heteroatoms. The van der Waals surface area contributed by atoms with Crippen LogP contribution in [-0.4, -0.2) is 109 Å². The predicted octanol–water partition coefficient (Wildman–Crippen LogP) is 9.26. The third-order valence-electron chi connectivity index (χ3n) is 8.65. The summed E-state index contributed by atoms with van der Waals surface area (Å²) in [7, 11) is 1.21. The molecule has 0 saturated heterocycles. The first-order chi connectivity index (χ1) is 29.2. The number of quaternary nitrogens is 1. The van der Waals surface area contributed by atoms with Gasteiger partial charge in [-0.05, 0) is 64.2 Å². The summed E-state index contributed by atoms with van der Waals surface area (Å²) in [5, 5.41) is 30.6. The van der Waals surface area contributed by atoms with Crippen LogP contribution in [0.2, 0.25) is 0 Å². The molecule has 0 aliphatic rings. The molecule has 0 radical (unpaired) electrons. The number of hydrogen-bond donors (Lipinski definition) is 4. The van der Waals surface area contributed by atoms with Gasteiger partial charge >= 0.3 is 19.8 Å². The molecule has 0 aromatic heterocycles. The molecule has 1 unspecified atom stereocenters. The van der Waals surface area contributed by atoms with Crippen molar-refractivity contribution < 1.29 is 57.4 Å². The van der Waals surface area contributed by atoms with Crippen LogP contribution in [0.15, 0.2) is 109 Å². The first-order valence-electron chi connectivity index (χ1n) is 21.9. The second-order valence-electron chi connectivity index (χ2n) is 15.6. The lowest BCUT2D eigenvalue weighted by Gasteiger charge is -2.24. The van der Waals surface area contributed by atoms with Gasteiger partial charge in [0.15, 0.2) is 6.10 Å². The third-order valence-corrected chi connectivity index (χ3v) is 9.64. The summed E-state index contributed by atoms with van der Waals surface area (Å²) in [6, 6.07) is 0. The smallest absolute Gasteiger partial charge is 0.462 e. The summed E-state index contributed by atoms with van der Waals surface area (Å²) < 4.78 is 33.9. The van der Waals surface area contributed by atoms with E-state index in [0.29, 0.717) is 23.9 Å². The van der Waals surface area contributed by atoms with E-state index in [-0.39, 0.29) is 32.3 Å². The number of phosphoric ester groups is 1. The van der Waals surface area contributed by atoms with Crippen LogP contribution in [0, 0.1) is 0 Å². The Kier molecular flexibility index (Phi) is 36.1. The Morgan fingerprint density at radius 3 is 1.79 bits per heavy atom. The lowest BCUT2D eigenvalue weighted by molar-refractivity contribution is -0.870. The van der Waals surface area contributed by atoms with Gasteiger partial charge in [-0.2, -0.15) is 0 Å². The minimum Gasteiger partial charge on any atom is -0.462 e. The maximum absolute atomic E-state index is 12.7. The number of nitrogens with zero attached hydrogens (tertiary/aromatic N) is 1. The van der Waals surface area contributed by atoms with Crippen LogP contribution in [0.5, 0.6) is 0 Å². The van der Waals surface area contributed by atoms with E-state index in [9.17, 15) is 34.4 Å². The number of carbonyl (C=O) groups excluding carboxylic acids is 2. The second kappa shape index (κ2) is 38.2. The first-order valence-corrected chi connectivity index (χ1v) is 23.4. The summed E-state index contributed by atoms with van der Waals surface area (Å²) in [6.07, 6.45) is 40.9. The zero-order chi connectivity index (χ0) is 45.5. The van der Waals surface area contributed by atoms with Crippen LogP contribution in [0.3, 0.4) is 0 Å². The van der Waals surface area contributed by atoms with E-state index in [2.05, 4.69) is 62.5 Å². The quantitative estimate of drug-likeness (QED) is 0.0117. The van der Waals surface area contributed by atoms with Crippen molar-refractivity contribution in [2.24, 2.45) is 0 Å². The fourth-order valence-corrected chi connectivity index (χ4v) is 5.82. The Labute approximate surface area is 367 Å². The molecule has 0 spiro atoms. The van der Waals surface area contributed by atoms with Crippen molar-refractivity contribution in [3.8, 4) is 0 Å². The summed E-state index contributed by atoms with van der Waals surface area (Å²) >= 11 is 0. The molecule has 346 valence electrons. The van der Waals surface area contributed by atoms with Crippen molar-refractivity contribution in [2.45, 2.75) is 135 Å². The van der Waals surface area contributed by atoms with Gasteiger partial charge in [0.25, 0.3) is 0 Å². The van der Waals surface area contributed by atoms with E-state index < -0.39 is 57.4 Å². The van der Waals surface area contributed by atoms with Crippen LogP contribution < -0.4 is 0 Å². The van der Waals surface area contributed by atoms with E-state index in [1.807, 2.05) is 33.3 Å². The molecule has 0 heterocycles. The molecule has 0 aliphatic heterocycles. The van der Waals surface area contributed by atoms with Gasteiger partial charge in [-0.3, -0.25) is 18.6 Å². The Hall–Kier alpha value is -3.45. The molecular weight excluding hydrogens is 797 g/mol. The SMILES string of the molecule is CC/C=C\C/C=C\C/C=C\C/C=C\C/C=C\CCCC(=O)OC[C@H](COP(=O)(O)OCC[N+](C)(C)C)OC(=O)CCC[C@H](O)[C@@H](O)/C=C/C=C/C=C\C=C\[C@@H](O)CCCCC. The number of allylic oxidation sites excluding steroid dienone is 16. The number of esters is 2. The molecular formula is C48H79NO11P+. The fourth-order valence-electron chi connectivity index (χ4n) is 5.08. The number of phosphoric acid groups is 1. The molecule has 0 rings (SSSR count). The summed E-state index contributed by atoms with van der Waals surface area (Å²) in [4.78, 5) is 35.4. The highest BCUT2D eigenvalue weighted by atomic mass is 31.2. The normalized spacial score (nSPS) is 16.1. The van der Waals surface area contributed by atoms with E-state index in [4.69, 9.17) is 18.5 Å². The third kappa shape index (κ3) is 40.4. The largest absolute Gasteiger partial charge is 0.472 e. The minimum atomic E-state index is -4.49. The minimum absolute atomic E-state index is 0.0476. The van der Waals surface area contributed by atoms with Gasteiger partial charge in [0.05, 0.1) is 46.1 Å². The number of unbranched alkanes of at least 4 members (excludes halogenated alkanes) is 3. The lowest BCUT2D eigenvalue weighted by atomic mass is 10.1. The molecule has 0 aromatic rings. The summed E-state index contributed by atoms with van der Waals surface area (Å²) in [6.45, 7) is 3.69. The topological polar surface area (TPSA) is 169 Å². The van der Waals surface area contributed by atoms with Gasteiger partial charge in [-0.15, -0.1) is 0 Å². The zero-order valence-electron chi connectivity index (χ0n) is 37.7. The van der Waals surface area contributed by atoms with Gasteiger partial charge in [0.2, 0.25) is 0 Å². The highest BCUT2D eigenvalue weighted by Crippen LogP contribution is 2.43. The van der Waals surface area contributed by atoms with Crippen LogP contribution in [0.1, 0.15) is 110 Å². The van der Waals surface area contributed by atoms with Crippen LogP contribution >= 0.6 is 7.82 Å². The zero-order valence-corrected chi connectivity index (χ0v) is 38.6. The van der Waals surface area contributed by atoms with Crippen molar-refractivity contribution in [1.82, 2.24) is 0 Å². The van der Waals surface area contributed by atoms with Crippen molar-refractivity contribution >= 4 is 19.8 Å². The molecule has 0 aromatic carbocycles. The predicted molar refractivity (Wildman–Crippen MR) is 246 cm³/mol. The number of rotatable bonds is 37. The van der Waals surface area contributed by atoms with Gasteiger partial charge in [-0.1, -0.05) is 142 Å². The highest BCUT2D eigenvalue weighted by molar-refractivity contribution is 7.47. The summed E-state index contributed by atoms with van der Waals surface area (Å²) in [5.41, 5.74) is 0. The van der Waals surface area contributed by atoms with Crippen molar-refractivity contribution in [3.05, 3.63) is 109 Å². The molecule has 12 nitrogen and oxygen atoms in total. The Morgan fingerprint density at radius 2 is 1.20 bits per heavy atom. The number of hydrogen-bond acceptors (Lipinski definition) is 10.